The fraction of sp³-hybridized carbons (Fsp3) is 0.154. The summed E-state index contributed by atoms with van der Waals surface area (Å²) < 4.78 is 16.9. The van der Waals surface area contributed by atoms with Crippen LogP contribution in [-0.4, -0.2) is 25.1 Å². The van der Waals surface area contributed by atoms with E-state index in [9.17, 15) is 4.79 Å². The Labute approximate surface area is 181 Å². The number of hydrogen-bond acceptors (Lipinski definition) is 5. The van der Waals surface area contributed by atoms with Gasteiger partial charge < -0.3 is 14.2 Å². The van der Waals surface area contributed by atoms with Crippen LogP contribution in [0.2, 0.25) is 0 Å². The van der Waals surface area contributed by atoms with Crippen LogP contribution in [-0.2, 0) is 9.53 Å². The lowest BCUT2D eigenvalue weighted by Crippen LogP contribution is -2.06. The zero-order valence-corrected chi connectivity index (χ0v) is 17.6. The van der Waals surface area contributed by atoms with Crippen molar-refractivity contribution < 1.29 is 19.0 Å². The van der Waals surface area contributed by atoms with Crippen molar-refractivity contribution in [1.82, 2.24) is 0 Å². The molecule has 1 aliphatic heterocycles. The van der Waals surface area contributed by atoms with Crippen molar-refractivity contribution in [1.29, 1.82) is 0 Å². The van der Waals surface area contributed by atoms with Gasteiger partial charge >= 0.3 is 5.97 Å². The van der Waals surface area contributed by atoms with Gasteiger partial charge in [0.1, 0.15) is 6.61 Å². The molecule has 5 heteroatoms. The molecule has 0 N–H and O–H groups in total. The Morgan fingerprint density at radius 2 is 1.87 bits per heavy atom. The largest absolute Gasteiger partial charge is 0.490 e. The van der Waals surface area contributed by atoms with Gasteiger partial charge in [0.15, 0.2) is 17.2 Å². The number of cyclic esters (lactones) is 1. The van der Waals surface area contributed by atoms with Crippen LogP contribution in [0.1, 0.15) is 25.0 Å². The molecule has 0 radical (unpaired) electrons. The Morgan fingerprint density at radius 3 is 2.68 bits per heavy atom. The second kappa shape index (κ2) is 8.88. The maximum absolute atomic E-state index is 12.5. The molecule has 0 unspecified atom stereocenters. The third kappa shape index (κ3) is 4.51. The van der Waals surface area contributed by atoms with E-state index in [0.29, 0.717) is 30.6 Å². The molecule has 0 aromatic heterocycles. The zero-order valence-electron chi connectivity index (χ0n) is 17.6. The molecule has 0 spiro atoms. The van der Waals surface area contributed by atoms with E-state index in [1.807, 2.05) is 74.5 Å². The molecule has 4 rings (SSSR count). The molecule has 3 aromatic rings. The zero-order chi connectivity index (χ0) is 21.8. The van der Waals surface area contributed by atoms with Crippen LogP contribution in [0, 0.1) is 0 Å². The van der Waals surface area contributed by atoms with Crippen molar-refractivity contribution in [3.63, 3.8) is 0 Å². The SMILES string of the molecule is C=C(C)COc1ccc(/C=C2/N=C(c3cccc4ccccc34)OC2=O)cc1OCC. The molecular weight excluding hydrogens is 390 g/mol. The van der Waals surface area contributed by atoms with E-state index < -0.39 is 5.97 Å². The van der Waals surface area contributed by atoms with Crippen molar-refractivity contribution in [2.45, 2.75) is 13.8 Å². The van der Waals surface area contributed by atoms with Gasteiger partial charge in [-0.2, -0.15) is 0 Å². The highest BCUT2D eigenvalue weighted by Gasteiger charge is 2.25. The minimum absolute atomic E-state index is 0.237. The van der Waals surface area contributed by atoms with E-state index in [1.165, 1.54) is 0 Å². The monoisotopic (exact) mass is 413 g/mol. The van der Waals surface area contributed by atoms with Crippen molar-refractivity contribution in [3.8, 4) is 11.5 Å². The van der Waals surface area contributed by atoms with Gasteiger partial charge in [-0.3, -0.25) is 0 Å². The molecule has 3 aromatic carbocycles. The number of hydrogen-bond donors (Lipinski definition) is 0. The third-order valence-corrected chi connectivity index (χ3v) is 4.69. The van der Waals surface area contributed by atoms with Gasteiger partial charge in [-0.25, -0.2) is 9.79 Å². The summed E-state index contributed by atoms with van der Waals surface area (Å²) in [5, 5.41) is 2.04. The van der Waals surface area contributed by atoms with Crippen LogP contribution in [0.3, 0.4) is 0 Å². The summed E-state index contributed by atoms with van der Waals surface area (Å²) in [6.45, 7) is 8.56. The van der Waals surface area contributed by atoms with E-state index in [1.54, 1.807) is 6.08 Å². The quantitative estimate of drug-likeness (QED) is 0.290. The maximum atomic E-state index is 12.5. The fourth-order valence-electron chi connectivity index (χ4n) is 3.30. The molecule has 1 heterocycles. The second-order valence-corrected chi connectivity index (χ2v) is 7.25. The first-order chi connectivity index (χ1) is 15.0. The summed E-state index contributed by atoms with van der Waals surface area (Å²) in [5.41, 5.74) is 2.70. The van der Waals surface area contributed by atoms with Crippen molar-refractivity contribution in [2.75, 3.05) is 13.2 Å². The van der Waals surface area contributed by atoms with E-state index >= 15 is 0 Å². The minimum Gasteiger partial charge on any atom is -0.490 e. The van der Waals surface area contributed by atoms with Crippen LogP contribution in [0.4, 0.5) is 0 Å². The average Bonchev–Trinajstić information content (AvgIpc) is 3.13. The summed E-state index contributed by atoms with van der Waals surface area (Å²) >= 11 is 0. The Kier molecular flexibility index (Phi) is 5.85. The predicted octanol–water partition coefficient (Wildman–Crippen LogP) is 5.54. The molecule has 0 atom stereocenters. The first kappa shape index (κ1) is 20.4. The Morgan fingerprint density at radius 1 is 1.06 bits per heavy atom. The highest BCUT2D eigenvalue weighted by molar-refractivity contribution is 6.17. The number of ether oxygens (including phenoxy) is 3. The van der Waals surface area contributed by atoms with Crippen LogP contribution in [0.5, 0.6) is 11.5 Å². The summed E-state index contributed by atoms with van der Waals surface area (Å²) in [4.78, 5) is 16.9. The number of rotatable bonds is 7. The summed E-state index contributed by atoms with van der Waals surface area (Å²) in [6.07, 6.45) is 1.69. The molecule has 0 amide bonds. The topological polar surface area (TPSA) is 57.1 Å². The number of esters is 1. The van der Waals surface area contributed by atoms with Crippen molar-refractivity contribution in [2.24, 2.45) is 4.99 Å². The van der Waals surface area contributed by atoms with Crippen molar-refractivity contribution >= 4 is 28.7 Å². The maximum Gasteiger partial charge on any atom is 0.363 e. The molecule has 0 saturated heterocycles. The second-order valence-electron chi connectivity index (χ2n) is 7.25. The number of nitrogens with zero attached hydrogens (tertiary/aromatic N) is 1. The van der Waals surface area contributed by atoms with Gasteiger partial charge in [0.05, 0.1) is 6.61 Å². The Bertz CT molecular complexity index is 1220. The third-order valence-electron chi connectivity index (χ3n) is 4.69. The molecule has 1 aliphatic rings. The lowest BCUT2D eigenvalue weighted by Gasteiger charge is -2.12. The van der Waals surface area contributed by atoms with E-state index in [0.717, 1.165) is 27.5 Å². The number of carbonyl (C=O) groups excluding carboxylic acids is 1. The molecule has 0 aliphatic carbocycles. The Hall–Kier alpha value is -3.86. The lowest BCUT2D eigenvalue weighted by molar-refractivity contribution is -0.129. The molecule has 31 heavy (non-hydrogen) atoms. The summed E-state index contributed by atoms with van der Waals surface area (Å²) in [7, 11) is 0. The highest BCUT2D eigenvalue weighted by Crippen LogP contribution is 2.31. The van der Waals surface area contributed by atoms with Gasteiger partial charge in [-0.15, -0.1) is 0 Å². The number of aliphatic imine (C=N–C) groups is 1. The standard InChI is InChI=1S/C26H23NO4/c1-4-29-24-15-18(12-13-23(24)30-16-17(2)3)14-22-26(28)31-25(27-22)21-11-7-9-19-8-5-6-10-20(19)21/h5-15H,2,4,16H2,1,3H3/b22-14+. The number of carbonyl (C=O) groups is 1. The van der Waals surface area contributed by atoms with Crippen LogP contribution in [0.15, 0.2) is 83.5 Å². The molecular formula is C26H23NO4. The van der Waals surface area contributed by atoms with Crippen LogP contribution >= 0.6 is 0 Å². The van der Waals surface area contributed by atoms with Gasteiger partial charge in [0.2, 0.25) is 5.90 Å². The molecule has 5 nitrogen and oxygen atoms in total. The first-order valence-corrected chi connectivity index (χ1v) is 10.1. The predicted molar refractivity (Wildman–Crippen MR) is 122 cm³/mol. The van der Waals surface area contributed by atoms with Gasteiger partial charge in [0, 0.05) is 5.56 Å². The van der Waals surface area contributed by atoms with Gasteiger partial charge in [-0.05, 0) is 60.0 Å². The van der Waals surface area contributed by atoms with E-state index in [4.69, 9.17) is 14.2 Å². The summed E-state index contributed by atoms with van der Waals surface area (Å²) in [5.74, 6) is 1.05. The van der Waals surface area contributed by atoms with Gasteiger partial charge in [-0.1, -0.05) is 49.0 Å². The van der Waals surface area contributed by atoms with Crippen molar-refractivity contribution in [3.05, 3.63) is 89.6 Å². The molecule has 0 saturated carbocycles. The lowest BCUT2D eigenvalue weighted by atomic mass is 10.0. The first-order valence-electron chi connectivity index (χ1n) is 10.1. The number of fused-ring (bicyclic) bond motifs is 1. The summed E-state index contributed by atoms with van der Waals surface area (Å²) in [6, 6.07) is 19.2. The fourth-order valence-corrected chi connectivity index (χ4v) is 3.30. The Balaban J connectivity index is 1.66. The van der Waals surface area contributed by atoms with Crippen LogP contribution in [0.25, 0.3) is 16.8 Å². The highest BCUT2D eigenvalue weighted by atomic mass is 16.6. The molecule has 0 bridgehead atoms. The average molecular weight is 413 g/mol. The minimum atomic E-state index is -0.483. The van der Waals surface area contributed by atoms with Gasteiger partial charge in [0.25, 0.3) is 0 Å². The number of benzene rings is 3. The molecule has 0 fully saturated rings. The normalized spacial score (nSPS) is 14.5. The van der Waals surface area contributed by atoms with E-state index in [2.05, 4.69) is 11.6 Å². The van der Waals surface area contributed by atoms with E-state index in [-0.39, 0.29) is 5.70 Å². The smallest absolute Gasteiger partial charge is 0.363 e. The van der Waals surface area contributed by atoms with Crippen LogP contribution < -0.4 is 9.47 Å². The molecule has 156 valence electrons.